The van der Waals surface area contributed by atoms with Crippen LogP contribution in [0.5, 0.6) is 0 Å². The number of carbonyl (C=O) groups excluding carboxylic acids is 3. The minimum atomic E-state index is -0.426. The van der Waals surface area contributed by atoms with Gasteiger partial charge in [-0.25, -0.2) is 0 Å². The van der Waals surface area contributed by atoms with Crippen molar-refractivity contribution in [1.29, 1.82) is 0 Å². The van der Waals surface area contributed by atoms with Crippen LogP contribution in [0.2, 0.25) is 0 Å². The van der Waals surface area contributed by atoms with Gasteiger partial charge < -0.3 is 19.5 Å². The first-order valence-electron chi connectivity index (χ1n) is 11.5. The molecular formula is C28H23N3O5S. The lowest BCUT2D eigenvalue weighted by Crippen LogP contribution is -2.31. The smallest absolute Gasteiger partial charge is 0.291 e. The van der Waals surface area contributed by atoms with Gasteiger partial charge >= 0.3 is 0 Å². The summed E-state index contributed by atoms with van der Waals surface area (Å²) in [5.41, 5.74) is 3.69. The van der Waals surface area contributed by atoms with Gasteiger partial charge in [-0.2, -0.15) is 0 Å². The van der Waals surface area contributed by atoms with Crippen molar-refractivity contribution in [3.05, 3.63) is 113 Å². The average Bonchev–Trinajstić information content (AvgIpc) is 3.65. The fourth-order valence-corrected chi connectivity index (χ4v) is 4.69. The number of benzene rings is 2. The second-order valence-corrected chi connectivity index (χ2v) is 9.55. The first-order valence-corrected chi connectivity index (χ1v) is 12.3. The van der Waals surface area contributed by atoms with Crippen LogP contribution in [0, 0.1) is 13.8 Å². The van der Waals surface area contributed by atoms with Gasteiger partial charge in [-0.05, 0) is 85.6 Å². The van der Waals surface area contributed by atoms with E-state index in [0.29, 0.717) is 17.1 Å². The summed E-state index contributed by atoms with van der Waals surface area (Å²) < 4.78 is 10.5. The van der Waals surface area contributed by atoms with Crippen LogP contribution in [-0.4, -0.2) is 22.6 Å². The number of anilines is 2. The summed E-state index contributed by atoms with van der Waals surface area (Å²) in [7, 11) is 0. The molecule has 186 valence electrons. The van der Waals surface area contributed by atoms with Gasteiger partial charge in [-0.3, -0.25) is 19.3 Å². The molecule has 0 saturated carbocycles. The summed E-state index contributed by atoms with van der Waals surface area (Å²) in [5, 5.41) is 5.93. The lowest BCUT2D eigenvalue weighted by Gasteiger charge is -2.14. The highest BCUT2D eigenvalue weighted by Gasteiger charge is 2.39. The van der Waals surface area contributed by atoms with Crippen molar-refractivity contribution in [2.24, 2.45) is 0 Å². The van der Waals surface area contributed by atoms with Crippen LogP contribution in [0.25, 0.3) is 0 Å². The maximum atomic E-state index is 13.4. The molecular weight excluding hydrogens is 490 g/mol. The Labute approximate surface area is 217 Å². The van der Waals surface area contributed by atoms with Crippen molar-refractivity contribution < 1.29 is 23.2 Å². The van der Waals surface area contributed by atoms with Gasteiger partial charge in [0.05, 0.1) is 19.1 Å². The second-order valence-electron chi connectivity index (χ2n) is 8.46. The molecule has 2 aromatic heterocycles. The molecule has 3 amide bonds. The summed E-state index contributed by atoms with van der Waals surface area (Å²) in [4.78, 5) is 41.2. The Morgan fingerprint density at radius 1 is 0.865 bits per heavy atom. The highest BCUT2D eigenvalue weighted by molar-refractivity contribution is 8.04. The van der Waals surface area contributed by atoms with Gasteiger partial charge in [0.15, 0.2) is 5.76 Å². The van der Waals surface area contributed by atoms with Crippen LogP contribution < -0.4 is 10.6 Å². The molecule has 9 heteroatoms. The standard InChI is InChI=1S/C28H23N3O5S/c1-17-7-8-20(15-18(17)2)29-24-25(28(34)31(27(24)33)16-21-5-3-13-35-21)37-22-11-9-19(10-12-22)30-26(32)23-6-4-14-36-23/h3-15,29H,16H2,1-2H3,(H,30,32). The van der Waals surface area contributed by atoms with E-state index in [1.54, 1.807) is 48.5 Å². The van der Waals surface area contributed by atoms with Gasteiger partial charge in [-0.1, -0.05) is 17.8 Å². The molecule has 37 heavy (non-hydrogen) atoms. The molecule has 0 fully saturated rings. The predicted molar refractivity (Wildman–Crippen MR) is 140 cm³/mol. The molecule has 2 N–H and O–H groups in total. The van der Waals surface area contributed by atoms with E-state index in [2.05, 4.69) is 10.6 Å². The normalized spacial score (nSPS) is 13.4. The van der Waals surface area contributed by atoms with Crippen LogP contribution in [0.3, 0.4) is 0 Å². The van der Waals surface area contributed by atoms with E-state index < -0.39 is 11.8 Å². The summed E-state index contributed by atoms with van der Waals surface area (Å²) in [6, 6.07) is 19.4. The summed E-state index contributed by atoms with van der Waals surface area (Å²) in [6.45, 7) is 4.03. The molecule has 0 atom stereocenters. The maximum absolute atomic E-state index is 13.4. The van der Waals surface area contributed by atoms with Crippen molar-refractivity contribution in [2.75, 3.05) is 10.6 Å². The molecule has 0 bridgehead atoms. The summed E-state index contributed by atoms with van der Waals surface area (Å²) in [6.07, 6.45) is 2.94. The number of rotatable bonds is 8. The quantitative estimate of drug-likeness (QED) is 0.290. The fraction of sp³-hybridized carbons (Fsp3) is 0.107. The molecule has 0 aliphatic carbocycles. The second kappa shape index (κ2) is 10.2. The van der Waals surface area contributed by atoms with E-state index in [1.165, 1.54) is 29.2 Å². The largest absolute Gasteiger partial charge is 0.467 e. The molecule has 1 aliphatic heterocycles. The molecule has 4 aromatic rings. The lowest BCUT2D eigenvalue weighted by molar-refractivity contribution is -0.138. The number of aryl methyl sites for hydroxylation is 2. The summed E-state index contributed by atoms with van der Waals surface area (Å²) in [5.74, 6) is -0.483. The first kappa shape index (κ1) is 24.2. The van der Waals surface area contributed by atoms with Crippen LogP contribution in [0.1, 0.15) is 27.4 Å². The molecule has 0 radical (unpaired) electrons. The zero-order valence-electron chi connectivity index (χ0n) is 20.1. The van der Waals surface area contributed by atoms with Gasteiger partial charge in [-0.15, -0.1) is 0 Å². The van der Waals surface area contributed by atoms with E-state index in [1.807, 2.05) is 32.0 Å². The molecule has 0 spiro atoms. The molecule has 5 rings (SSSR count). The number of furan rings is 2. The number of carbonyl (C=O) groups is 3. The van der Waals surface area contributed by atoms with Crippen LogP contribution in [-0.2, 0) is 16.1 Å². The molecule has 0 saturated heterocycles. The van der Waals surface area contributed by atoms with Gasteiger partial charge in [0.25, 0.3) is 17.7 Å². The van der Waals surface area contributed by atoms with Gasteiger partial charge in [0.2, 0.25) is 0 Å². The molecule has 3 heterocycles. The van der Waals surface area contributed by atoms with Crippen molar-refractivity contribution in [3.8, 4) is 0 Å². The first-order chi connectivity index (χ1) is 17.9. The number of imide groups is 1. The number of hydrogen-bond acceptors (Lipinski definition) is 7. The van der Waals surface area contributed by atoms with E-state index >= 15 is 0 Å². The third-order valence-corrected chi connectivity index (χ3v) is 6.96. The number of thioether (sulfide) groups is 1. The highest BCUT2D eigenvalue weighted by atomic mass is 32.2. The highest BCUT2D eigenvalue weighted by Crippen LogP contribution is 2.37. The zero-order chi connectivity index (χ0) is 25.9. The molecule has 0 unspecified atom stereocenters. The van der Waals surface area contributed by atoms with Gasteiger partial charge in [0.1, 0.15) is 16.4 Å². The minimum Gasteiger partial charge on any atom is -0.467 e. The Hall–Kier alpha value is -4.50. The zero-order valence-corrected chi connectivity index (χ0v) is 20.9. The Morgan fingerprint density at radius 3 is 2.27 bits per heavy atom. The third-order valence-electron chi connectivity index (χ3n) is 5.87. The van der Waals surface area contributed by atoms with Crippen molar-refractivity contribution in [1.82, 2.24) is 4.90 Å². The lowest BCUT2D eigenvalue weighted by atomic mass is 10.1. The van der Waals surface area contributed by atoms with Crippen LogP contribution in [0.4, 0.5) is 11.4 Å². The Balaban J connectivity index is 1.40. The number of amides is 3. The minimum absolute atomic E-state index is 0.0323. The third kappa shape index (κ3) is 5.22. The van der Waals surface area contributed by atoms with Gasteiger partial charge in [0, 0.05) is 16.3 Å². The Morgan fingerprint density at radius 2 is 1.59 bits per heavy atom. The van der Waals surface area contributed by atoms with E-state index in [-0.39, 0.29) is 28.8 Å². The summed E-state index contributed by atoms with van der Waals surface area (Å²) >= 11 is 1.18. The van der Waals surface area contributed by atoms with Crippen molar-refractivity contribution in [2.45, 2.75) is 25.3 Å². The van der Waals surface area contributed by atoms with Crippen LogP contribution >= 0.6 is 11.8 Å². The van der Waals surface area contributed by atoms with Crippen LogP contribution in [0.15, 0.2) is 104 Å². The molecule has 8 nitrogen and oxygen atoms in total. The fourth-order valence-electron chi connectivity index (χ4n) is 3.75. The van der Waals surface area contributed by atoms with Crippen molar-refractivity contribution in [3.63, 3.8) is 0 Å². The number of nitrogens with one attached hydrogen (secondary N) is 2. The Kier molecular flexibility index (Phi) is 6.70. The number of hydrogen-bond donors (Lipinski definition) is 2. The SMILES string of the molecule is Cc1ccc(NC2=C(Sc3ccc(NC(=O)c4ccco4)cc3)C(=O)N(Cc3ccco3)C2=O)cc1C. The molecule has 1 aliphatic rings. The monoisotopic (exact) mass is 513 g/mol. The number of nitrogens with zero attached hydrogens (tertiary/aromatic N) is 1. The Bertz CT molecular complexity index is 1490. The van der Waals surface area contributed by atoms with Crippen molar-refractivity contribution >= 4 is 40.9 Å². The topological polar surface area (TPSA) is 105 Å². The van der Waals surface area contributed by atoms with E-state index in [4.69, 9.17) is 8.83 Å². The van der Waals surface area contributed by atoms with E-state index in [9.17, 15) is 14.4 Å². The maximum Gasteiger partial charge on any atom is 0.291 e. The van der Waals surface area contributed by atoms with E-state index in [0.717, 1.165) is 16.0 Å². The molecule has 2 aromatic carbocycles. The average molecular weight is 514 g/mol. The predicted octanol–water partition coefficient (Wildman–Crippen LogP) is 5.73.